The molecule has 0 aromatic heterocycles. The van der Waals surface area contributed by atoms with Gasteiger partial charge >= 0.3 is 0 Å². The molecule has 0 fully saturated rings. The van der Waals surface area contributed by atoms with Gasteiger partial charge in [0.1, 0.15) is 0 Å². The van der Waals surface area contributed by atoms with Gasteiger partial charge in [0.25, 0.3) is 0 Å². The Bertz CT molecular complexity index is 301. The predicted molar refractivity (Wildman–Crippen MR) is 46.9 cm³/mol. The smallest absolute Gasteiger partial charge is 0.159 e. The van der Waals surface area contributed by atoms with Gasteiger partial charge in [-0.1, -0.05) is 0 Å². The lowest BCUT2D eigenvalue weighted by atomic mass is 10.1. The van der Waals surface area contributed by atoms with E-state index in [-0.39, 0.29) is 5.78 Å². The van der Waals surface area contributed by atoms with Crippen LogP contribution in [0.2, 0.25) is 0 Å². The fourth-order valence-corrected chi connectivity index (χ4v) is 0.878. The van der Waals surface area contributed by atoms with Gasteiger partial charge in [-0.25, -0.2) is 0 Å². The molecule has 0 atom stereocenters. The third-order valence-corrected chi connectivity index (χ3v) is 1.49. The van der Waals surface area contributed by atoms with Crippen LogP contribution in [0.1, 0.15) is 17.3 Å². The van der Waals surface area contributed by atoms with Crippen molar-refractivity contribution < 1.29 is 4.79 Å². The first kappa shape index (κ1) is 8.59. The number of hydrogen-bond acceptors (Lipinski definition) is 3. The molecular weight excluding hydrogens is 152 g/mol. The van der Waals surface area contributed by atoms with E-state index in [0.717, 1.165) is 5.69 Å². The summed E-state index contributed by atoms with van der Waals surface area (Å²) >= 11 is 0. The molecule has 12 heavy (non-hydrogen) atoms. The summed E-state index contributed by atoms with van der Waals surface area (Å²) in [5, 5.41) is 7.44. The fraction of sp³-hybridized carbons (Fsp3) is 0.222. The number of ketones is 1. The van der Waals surface area contributed by atoms with E-state index in [2.05, 4.69) is 10.2 Å². The Morgan fingerprint density at radius 2 is 1.83 bits per heavy atom. The number of rotatable bonds is 2. The van der Waals surface area contributed by atoms with Crippen molar-refractivity contribution in [1.29, 1.82) is 0 Å². The maximum atomic E-state index is 10.9. The van der Waals surface area contributed by atoms with E-state index in [1.807, 2.05) is 0 Å². The maximum absolute atomic E-state index is 10.9. The van der Waals surface area contributed by atoms with E-state index in [1.165, 1.54) is 6.92 Å². The van der Waals surface area contributed by atoms with Crippen molar-refractivity contribution >= 4 is 11.5 Å². The number of Topliss-reactive ketones (excluding diaryl/α,β-unsaturated/α-hetero) is 1. The van der Waals surface area contributed by atoms with Crippen molar-refractivity contribution in [3.8, 4) is 0 Å². The Morgan fingerprint density at radius 1 is 1.25 bits per heavy atom. The van der Waals surface area contributed by atoms with Crippen molar-refractivity contribution in [2.75, 3.05) is 7.05 Å². The summed E-state index contributed by atoms with van der Waals surface area (Å²) < 4.78 is 0. The van der Waals surface area contributed by atoms with Crippen molar-refractivity contribution in [3.05, 3.63) is 29.8 Å². The zero-order chi connectivity index (χ0) is 8.97. The first-order valence-corrected chi connectivity index (χ1v) is 3.65. The molecule has 0 amide bonds. The third-order valence-electron chi connectivity index (χ3n) is 1.49. The van der Waals surface area contributed by atoms with Crippen molar-refractivity contribution in [3.63, 3.8) is 0 Å². The predicted octanol–water partition coefficient (Wildman–Crippen LogP) is 2.60. The van der Waals surface area contributed by atoms with Crippen LogP contribution in [-0.2, 0) is 0 Å². The second-order valence-electron chi connectivity index (χ2n) is 2.40. The molecular formula is C9H10N2O. The zero-order valence-corrected chi connectivity index (χ0v) is 7.11. The van der Waals surface area contributed by atoms with Gasteiger partial charge in [-0.2, -0.15) is 10.2 Å². The SMILES string of the molecule is CN=Nc1ccc(C(C)=O)cc1. The van der Waals surface area contributed by atoms with Crippen LogP contribution in [0.5, 0.6) is 0 Å². The first-order valence-electron chi connectivity index (χ1n) is 3.65. The molecule has 1 aromatic carbocycles. The number of carbonyl (C=O) groups excluding carboxylic acids is 1. The number of carbonyl (C=O) groups is 1. The van der Waals surface area contributed by atoms with Gasteiger partial charge in [0.15, 0.2) is 5.78 Å². The lowest BCUT2D eigenvalue weighted by Gasteiger charge is -1.94. The van der Waals surface area contributed by atoms with Gasteiger partial charge in [-0.15, -0.1) is 0 Å². The van der Waals surface area contributed by atoms with E-state index < -0.39 is 0 Å². The Hall–Kier alpha value is -1.51. The molecule has 0 bridgehead atoms. The van der Waals surface area contributed by atoms with Crippen LogP contribution < -0.4 is 0 Å². The van der Waals surface area contributed by atoms with Gasteiger partial charge in [0.2, 0.25) is 0 Å². The summed E-state index contributed by atoms with van der Waals surface area (Å²) in [5.74, 6) is 0.0648. The molecule has 0 heterocycles. The molecule has 0 unspecified atom stereocenters. The fourth-order valence-electron chi connectivity index (χ4n) is 0.878. The second kappa shape index (κ2) is 3.76. The molecule has 0 saturated carbocycles. The summed E-state index contributed by atoms with van der Waals surface area (Å²) in [7, 11) is 1.61. The molecule has 1 aromatic rings. The zero-order valence-electron chi connectivity index (χ0n) is 7.11. The third kappa shape index (κ3) is 1.99. The molecule has 3 heteroatoms. The molecule has 0 aliphatic carbocycles. The molecule has 3 nitrogen and oxygen atoms in total. The lowest BCUT2D eigenvalue weighted by Crippen LogP contribution is -1.89. The summed E-state index contributed by atoms with van der Waals surface area (Å²) in [4.78, 5) is 10.9. The summed E-state index contributed by atoms with van der Waals surface area (Å²) in [5.41, 5.74) is 1.47. The van der Waals surface area contributed by atoms with Crippen LogP contribution in [-0.4, -0.2) is 12.8 Å². The highest BCUT2D eigenvalue weighted by molar-refractivity contribution is 5.94. The van der Waals surface area contributed by atoms with E-state index in [1.54, 1.807) is 31.3 Å². The average molecular weight is 162 g/mol. The number of hydrogen-bond donors (Lipinski definition) is 0. The van der Waals surface area contributed by atoms with Crippen LogP contribution >= 0.6 is 0 Å². The summed E-state index contributed by atoms with van der Waals surface area (Å²) in [6.07, 6.45) is 0. The first-order chi connectivity index (χ1) is 5.74. The highest BCUT2D eigenvalue weighted by atomic mass is 16.1. The monoisotopic (exact) mass is 162 g/mol. The van der Waals surface area contributed by atoms with Gasteiger partial charge < -0.3 is 0 Å². The molecule has 0 aliphatic heterocycles. The van der Waals surface area contributed by atoms with Gasteiger partial charge in [-0.3, -0.25) is 4.79 Å². The van der Waals surface area contributed by atoms with E-state index in [4.69, 9.17) is 0 Å². The molecule has 0 N–H and O–H groups in total. The molecule has 0 saturated heterocycles. The van der Waals surface area contributed by atoms with Crippen molar-refractivity contribution in [1.82, 2.24) is 0 Å². The van der Waals surface area contributed by atoms with Crippen molar-refractivity contribution in [2.24, 2.45) is 10.2 Å². The number of azo groups is 1. The van der Waals surface area contributed by atoms with E-state index in [0.29, 0.717) is 5.56 Å². The number of benzene rings is 1. The van der Waals surface area contributed by atoms with E-state index >= 15 is 0 Å². The minimum atomic E-state index is 0.0648. The molecule has 0 aliphatic rings. The highest BCUT2D eigenvalue weighted by Crippen LogP contribution is 2.13. The van der Waals surface area contributed by atoms with Crippen LogP contribution in [0.15, 0.2) is 34.5 Å². The normalized spacial score (nSPS) is 10.5. The van der Waals surface area contributed by atoms with Gasteiger partial charge in [0.05, 0.1) is 5.69 Å². The van der Waals surface area contributed by atoms with E-state index in [9.17, 15) is 4.79 Å². The maximum Gasteiger partial charge on any atom is 0.159 e. The Kier molecular flexibility index (Phi) is 2.69. The minimum Gasteiger partial charge on any atom is -0.295 e. The van der Waals surface area contributed by atoms with Gasteiger partial charge in [-0.05, 0) is 31.2 Å². The minimum absolute atomic E-state index is 0.0648. The molecule has 62 valence electrons. The Labute approximate surface area is 71.1 Å². The van der Waals surface area contributed by atoms with Crippen LogP contribution in [0.25, 0.3) is 0 Å². The quantitative estimate of drug-likeness (QED) is 0.486. The average Bonchev–Trinajstić information content (AvgIpc) is 2.06. The number of nitrogens with zero attached hydrogens (tertiary/aromatic N) is 2. The van der Waals surface area contributed by atoms with Crippen LogP contribution in [0, 0.1) is 0 Å². The Balaban J connectivity index is 2.93. The summed E-state index contributed by atoms with van der Waals surface area (Å²) in [6.45, 7) is 1.54. The second-order valence-corrected chi connectivity index (χ2v) is 2.40. The topological polar surface area (TPSA) is 41.8 Å². The van der Waals surface area contributed by atoms with Gasteiger partial charge in [0, 0.05) is 12.6 Å². The highest BCUT2D eigenvalue weighted by Gasteiger charge is 1.96. The lowest BCUT2D eigenvalue weighted by molar-refractivity contribution is 0.101. The molecule has 0 spiro atoms. The van der Waals surface area contributed by atoms with Crippen molar-refractivity contribution in [2.45, 2.75) is 6.92 Å². The largest absolute Gasteiger partial charge is 0.295 e. The van der Waals surface area contributed by atoms with Crippen LogP contribution in [0.4, 0.5) is 5.69 Å². The molecule has 0 radical (unpaired) electrons. The molecule has 1 rings (SSSR count). The standard InChI is InChI=1S/C9H10N2O/c1-7(12)8-3-5-9(6-4-8)11-10-2/h3-6H,1-2H3. The van der Waals surface area contributed by atoms with Crippen LogP contribution in [0.3, 0.4) is 0 Å². The summed E-state index contributed by atoms with van der Waals surface area (Å²) in [6, 6.07) is 7.02. The Morgan fingerprint density at radius 3 is 2.25 bits per heavy atom.